The molecule has 1 amide bonds. The number of benzene rings is 1. The van der Waals surface area contributed by atoms with Crippen molar-refractivity contribution in [1.29, 1.82) is 0 Å². The highest BCUT2D eigenvalue weighted by atomic mass is 35.5. The molecule has 14 heavy (non-hydrogen) atoms. The highest BCUT2D eigenvalue weighted by Crippen LogP contribution is 1.97. The predicted molar refractivity (Wildman–Crippen MR) is 62.1 cm³/mol. The summed E-state index contributed by atoms with van der Waals surface area (Å²) in [5, 5.41) is 2.60. The van der Waals surface area contributed by atoms with E-state index in [0.29, 0.717) is 5.56 Å². The molecule has 0 fully saturated rings. The van der Waals surface area contributed by atoms with Crippen LogP contribution < -0.4 is 11.1 Å². The number of halogens is 2. The van der Waals surface area contributed by atoms with Crippen molar-refractivity contribution in [3.8, 4) is 0 Å². The summed E-state index contributed by atoms with van der Waals surface area (Å²) in [7, 11) is 0. The fraction of sp³-hybridized carbons (Fsp3) is 0.222. The SMILES string of the molecule is CC(N)NC(=O)c1ccccc1.Cl.Cl. The second-order valence-electron chi connectivity index (χ2n) is 2.63. The van der Waals surface area contributed by atoms with Gasteiger partial charge >= 0.3 is 0 Å². The van der Waals surface area contributed by atoms with Crippen LogP contribution in [0.5, 0.6) is 0 Å². The van der Waals surface area contributed by atoms with Crippen LogP contribution in [-0.4, -0.2) is 12.1 Å². The molecule has 0 bridgehead atoms. The van der Waals surface area contributed by atoms with E-state index in [2.05, 4.69) is 5.32 Å². The van der Waals surface area contributed by atoms with Gasteiger partial charge in [0.1, 0.15) is 0 Å². The summed E-state index contributed by atoms with van der Waals surface area (Å²) in [6.45, 7) is 1.72. The smallest absolute Gasteiger partial charge is 0.252 e. The topological polar surface area (TPSA) is 55.1 Å². The molecule has 5 heteroatoms. The van der Waals surface area contributed by atoms with E-state index in [4.69, 9.17) is 5.73 Å². The molecule has 0 heterocycles. The van der Waals surface area contributed by atoms with E-state index in [9.17, 15) is 4.79 Å². The molecule has 80 valence electrons. The molecule has 0 aliphatic rings. The average molecular weight is 237 g/mol. The molecule has 1 atom stereocenters. The maximum absolute atomic E-state index is 11.3. The molecule has 0 saturated heterocycles. The standard InChI is InChI=1S/C9H12N2O.2ClH/c1-7(10)11-9(12)8-5-3-2-4-6-8;;/h2-7H,10H2,1H3,(H,11,12);2*1H. The van der Waals surface area contributed by atoms with E-state index < -0.39 is 0 Å². The zero-order chi connectivity index (χ0) is 8.97. The molecule has 0 radical (unpaired) electrons. The van der Waals surface area contributed by atoms with Crippen LogP contribution in [0.4, 0.5) is 0 Å². The van der Waals surface area contributed by atoms with Gasteiger partial charge in [-0.25, -0.2) is 0 Å². The summed E-state index contributed by atoms with van der Waals surface area (Å²) in [5.41, 5.74) is 6.03. The Morgan fingerprint density at radius 2 is 1.79 bits per heavy atom. The van der Waals surface area contributed by atoms with Crippen molar-refractivity contribution >= 4 is 30.7 Å². The van der Waals surface area contributed by atoms with Crippen molar-refractivity contribution in [2.75, 3.05) is 0 Å². The van der Waals surface area contributed by atoms with Gasteiger partial charge in [-0.15, -0.1) is 24.8 Å². The summed E-state index contributed by atoms with van der Waals surface area (Å²) in [6, 6.07) is 8.99. The first-order valence-electron chi connectivity index (χ1n) is 3.81. The first kappa shape index (κ1) is 15.7. The molecule has 0 spiro atoms. The van der Waals surface area contributed by atoms with Gasteiger partial charge in [0.15, 0.2) is 0 Å². The van der Waals surface area contributed by atoms with Crippen LogP contribution in [-0.2, 0) is 0 Å². The zero-order valence-corrected chi connectivity index (χ0v) is 9.40. The average Bonchev–Trinajstić information content (AvgIpc) is 2.05. The van der Waals surface area contributed by atoms with Crippen LogP contribution in [0.25, 0.3) is 0 Å². The van der Waals surface area contributed by atoms with E-state index in [1.165, 1.54) is 0 Å². The number of amides is 1. The summed E-state index contributed by atoms with van der Waals surface area (Å²) in [6.07, 6.45) is -0.308. The Kier molecular flexibility index (Phi) is 8.54. The number of carbonyl (C=O) groups is 1. The third-order valence-corrected chi connectivity index (χ3v) is 1.39. The Balaban J connectivity index is 0. The van der Waals surface area contributed by atoms with Gasteiger partial charge in [0.25, 0.3) is 5.91 Å². The normalized spacial score (nSPS) is 10.4. The van der Waals surface area contributed by atoms with Gasteiger partial charge in [0, 0.05) is 5.56 Å². The quantitative estimate of drug-likeness (QED) is 0.767. The lowest BCUT2D eigenvalue weighted by Gasteiger charge is -2.07. The molecular weight excluding hydrogens is 223 g/mol. The lowest BCUT2D eigenvalue weighted by Crippen LogP contribution is -2.38. The van der Waals surface area contributed by atoms with Crippen molar-refractivity contribution in [2.45, 2.75) is 13.1 Å². The predicted octanol–water partition coefficient (Wildman–Crippen LogP) is 1.56. The van der Waals surface area contributed by atoms with Crippen LogP contribution in [0, 0.1) is 0 Å². The van der Waals surface area contributed by atoms with Crippen LogP contribution >= 0.6 is 24.8 Å². The van der Waals surface area contributed by atoms with E-state index in [1.54, 1.807) is 19.1 Å². The van der Waals surface area contributed by atoms with Gasteiger partial charge in [-0.1, -0.05) is 18.2 Å². The first-order valence-corrected chi connectivity index (χ1v) is 3.81. The summed E-state index contributed by atoms with van der Waals surface area (Å²) < 4.78 is 0. The molecule has 1 unspecified atom stereocenters. The van der Waals surface area contributed by atoms with Crippen LogP contribution in [0.2, 0.25) is 0 Å². The van der Waals surface area contributed by atoms with Crippen LogP contribution in [0.15, 0.2) is 30.3 Å². The minimum absolute atomic E-state index is 0. The van der Waals surface area contributed by atoms with Gasteiger partial charge < -0.3 is 11.1 Å². The number of carbonyl (C=O) groups excluding carboxylic acids is 1. The Bertz CT molecular complexity index is 265. The largest absolute Gasteiger partial charge is 0.337 e. The van der Waals surface area contributed by atoms with Gasteiger partial charge in [-0.3, -0.25) is 4.79 Å². The minimum Gasteiger partial charge on any atom is -0.337 e. The minimum atomic E-state index is -0.308. The number of nitrogens with two attached hydrogens (primary N) is 1. The highest BCUT2D eigenvalue weighted by molar-refractivity contribution is 5.94. The van der Waals surface area contributed by atoms with Gasteiger partial charge in [-0.05, 0) is 19.1 Å². The fourth-order valence-corrected chi connectivity index (χ4v) is 0.880. The summed E-state index contributed by atoms with van der Waals surface area (Å²) in [4.78, 5) is 11.3. The van der Waals surface area contributed by atoms with E-state index in [1.807, 2.05) is 18.2 Å². The maximum Gasteiger partial charge on any atom is 0.252 e. The second-order valence-corrected chi connectivity index (χ2v) is 2.63. The van der Waals surface area contributed by atoms with Gasteiger partial charge in [0.05, 0.1) is 6.17 Å². The second kappa shape index (κ2) is 7.62. The first-order chi connectivity index (χ1) is 5.70. The van der Waals surface area contributed by atoms with Crippen molar-refractivity contribution < 1.29 is 4.79 Å². The molecule has 3 nitrogen and oxygen atoms in total. The monoisotopic (exact) mass is 236 g/mol. The Morgan fingerprint density at radius 1 is 1.29 bits per heavy atom. The van der Waals surface area contributed by atoms with E-state index in [-0.39, 0.29) is 36.9 Å². The fourth-order valence-electron chi connectivity index (χ4n) is 0.880. The molecule has 3 N–H and O–H groups in total. The highest BCUT2D eigenvalue weighted by Gasteiger charge is 2.04. The van der Waals surface area contributed by atoms with E-state index in [0.717, 1.165) is 0 Å². The molecule has 0 aliphatic carbocycles. The van der Waals surface area contributed by atoms with Crippen molar-refractivity contribution in [3.63, 3.8) is 0 Å². The van der Waals surface area contributed by atoms with Crippen LogP contribution in [0.1, 0.15) is 17.3 Å². The number of nitrogens with one attached hydrogen (secondary N) is 1. The van der Waals surface area contributed by atoms with E-state index >= 15 is 0 Å². The Hall–Kier alpha value is -0.770. The van der Waals surface area contributed by atoms with Crippen molar-refractivity contribution in [3.05, 3.63) is 35.9 Å². The van der Waals surface area contributed by atoms with Crippen LogP contribution in [0.3, 0.4) is 0 Å². The molecule has 1 aromatic carbocycles. The molecule has 0 saturated carbocycles. The molecule has 0 aromatic heterocycles. The van der Waals surface area contributed by atoms with Gasteiger partial charge in [0.2, 0.25) is 0 Å². The molecule has 1 rings (SSSR count). The Morgan fingerprint density at radius 3 is 2.21 bits per heavy atom. The third-order valence-electron chi connectivity index (χ3n) is 1.39. The maximum atomic E-state index is 11.3. The molecule has 1 aromatic rings. The number of hydrogen-bond donors (Lipinski definition) is 2. The lowest BCUT2D eigenvalue weighted by atomic mass is 10.2. The summed E-state index contributed by atoms with van der Waals surface area (Å²) in [5.74, 6) is -0.134. The molecule has 0 aliphatic heterocycles. The lowest BCUT2D eigenvalue weighted by molar-refractivity contribution is 0.0941. The number of hydrogen-bond acceptors (Lipinski definition) is 2. The third kappa shape index (κ3) is 5.07. The Labute approximate surface area is 95.9 Å². The van der Waals surface area contributed by atoms with Crippen molar-refractivity contribution in [1.82, 2.24) is 5.32 Å². The van der Waals surface area contributed by atoms with Gasteiger partial charge in [-0.2, -0.15) is 0 Å². The summed E-state index contributed by atoms with van der Waals surface area (Å²) >= 11 is 0. The van der Waals surface area contributed by atoms with Crippen molar-refractivity contribution in [2.24, 2.45) is 5.73 Å². The molecular formula is C9H14Cl2N2O. The zero-order valence-electron chi connectivity index (χ0n) is 7.77. The number of rotatable bonds is 2.